The first-order valence-electron chi connectivity index (χ1n) is 2.97. The van der Waals surface area contributed by atoms with Crippen LogP contribution >= 0.6 is 0 Å². The molecule has 0 spiro atoms. The molecule has 0 fully saturated rings. The molecule has 1 N–H and O–H groups in total. The Morgan fingerprint density at radius 1 is 1.64 bits per heavy atom. The van der Waals surface area contributed by atoms with Crippen molar-refractivity contribution in [2.24, 2.45) is 0 Å². The molecule has 11 heavy (non-hydrogen) atoms. The predicted molar refractivity (Wildman–Crippen MR) is 38.7 cm³/mol. The van der Waals surface area contributed by atoms with Crippen molar-refractivity contribution >= 4 is 11.9 Å². The van der Waals surface area contributed by atoms with Gasteiger partial charge in [-0.2, -0.15) is 0 Å². The smallest absolute Gasteiger partial charge is 0.326 e. The molecule has 4 nitrogen and oxygen atoms in total. The monoisotopic (exact) mass is 155 g/mol. The summed E-state index contributed by atoms with van der Waals surface area (Å²) in [4.78, 5) is 22.0. The van der Waals surface area contributed by atoms with Crippen LogP contribution in [0.2, 0.25) is 0 Å². The van der Waals surface area contributed by atoms with Crippen molar-refractivity contribution in [3.63, 3.8) is 0 Å². The zero-order valence-corrected chi connectivity index (χ0v) is 6.37. The highest BCUT2D eigenvalue weighted by atomic mass is 16.4. The third-order valence-corrected chi connectivity index (χ3v) is 1.38. The summed E-state index contributed by atoms with van der Waals surface area (Å²) in [6.07, 6.45) is 4.78. The van der Waals surface area contributed by atoms with Gasteiger partial charge in [-0.1, -0.05) is 0 Å². The molecule has 60 valence electrons. The molecule has 0 aromatic heterocycles. The number of nitrogens with zero attached hydrogens (tertiary/aromatic N) is 1. The van der Waals surface area contributed by atoms with Gasteiger partial charge in [0.1, 0.15) is 6.04 Å². The molecule has 1 atom stereocenters. The van der Waals surface area contributed by atoms with Crippen LogP contribution in [0.5, 0.6) is 0 Å². The maximum Gasteiger partial charge on any atom is 0.326 e. The molecule has 0 aliphatic heterocycles. The van der Waals surface area contributed by atoms with Crippen LogP contribution in [0.15, 0.2) is 0 Å². The lowest BCUT2D eigenvalue weighted by Gasteiger charge is -2.17. The molecular formula is C7H9NO3. The van der Waals surface area contributed by atoms with Crippen LogP contribution in [0.3, 0.4) is 0 Å². The molecule has 0 unspecified atom stereocenters. The van der Waals surface area contributed by atoms with Gasteiger partial charge in [-0.25, -0.2) is 4.79 Å². The highest BCUT2D eigenvalue weighted by Gasteiger charge is 2.19. The Morgan fingerprint density at radius 2 is 2.09 bits per heavy atom. The third kappa shape index (κ3) is 2.30. The van der Waals surface area contributed by atoms with E-state index in [-0.39, 0.29) is 0 Å². The van der Waals surface area contributed by atoms with E-state index in [4.69, 9.17) is 11.5 Å². The second kappa shape index (κ2) is 3.62. The van der Waals surface area contributed by atoms with Crippen LogP contribution in [-0.2, 0) is 9.59 Å². The molecule has 0 saturated carbocycles. The summed E-state index contributed by atoms with van der Waals surface area (Å²) in [6, 6.07) is -0.876. The number of carboxylic acids is 1. The molecule has 0 saturated heterocycles. The Hall–Kier alpha value is -1.50. The summed E-state index contributed by atoms with van der Waals surface area (Å²) in [5.74, 6) is 0.126. The first kappa shape index (κ1) is 9.50. The van der Waals surface area contributed by atoms with E-state index in [1.54, 1.807) is 0 Å². The van der Waals surface area contributed by atoms with Crippen molar-refractivity contribution in [3.8, 4) is 12.3 Å². The van der Waals surface area contributed by atoms with Gasteiger partial charge >= 0.3 is 5.97 Å². The first-order chi connectivity index (χ1) is 5.00. The van der Waals surface area contributed by atoms with Gasteiger partial charge < -0.3 is 10.0 Å². The molecule has 0 aromatic carbocycles. The van der Waals surface area contributed by atoms with E-state index in [0.29, 0.717) is 0 Å². The number of hydrogen-bond acceptors (Lipinski definition) is 2. The molecule has 0 aromatic rings. The number of aliphatic carboxylic acids is 1. The van der Waals surface area contributed by atoms with Gasteiger partial charge in [-0.3, -0.25) is 4.79 Å². The van der Waals surface area contributed by atoms with Gasteiger partial charge in [0.15, 0.2) is 0 Å². The minimum absolute atomic E-state index is 0.625. The summed E-state index contributed by atoms with van der Waals surface area (Å²) in [6.45, 7) is 1.39. The number of amides is 1. The van der Waals surface area contributed by atoms with Crippen LogP contribution in [0.4, 0.5) is 0 Å². The molecule has 0 bridgehead atoms. The topological polar surface area (TPSA) is 57.6 Å². The lowest BCUT2D eigenvalue weighted by atomic mass is 10.3. The van der Waals surface area contributed by atoms with Crippen LogP contribution in [0, 0.1) is 12.3 Å². The number of hydrogen-bond donors (Lipinski definition) is 1. The van der Waals surface area contributed by atoms with Crippen molar-refractivity contribution in [2.75, 3.05) is 7.05 Å². The second-order valence-electron chi connectivity index (χ2n) is 2.07. The molecule has 1 amide bonds. The standard InChI is InChI=1S/C7H9NO3/c1-4-6(9)8(3)5(2)7(10)11/h1,5H,2-3H3,(H,10,11)/t5-/m1/s1. The highest BCUT2D eigenvalue weighted by Crippen LogP contribution is 1.94. The number of carbonyl (C=O) groups is 2. The molecule has 0 aliphatic carbocycles. The van der Waals surface area contributed by atoms with Crippen LogP contribution in [0.25, 0.3) is 0 Å². The quantitative estimate of drug-likeness (QED) is 0.549. The SMILES string of the molecule is C#CC(=O)N(C)[C@H](C)C(=O)O. The van der Waals surface area contributed by atoms with Crippen LogP contribution < -0.4 is 0 Å². The first-order valence-corrected chi connectivity index (χ1v) is 2.97. The number of rotatable bonds is 2. The Labute approximate surface area is 64.8 Å². The fourth-order valence-corrected chi connectivity index (χ4v) is 0.443. The summed E-state index contributed by atoms with van der Waals surface area (Å²) < 4.78 is 0. The van der Waals surface area contributed by atoms with Crippen molar-refractivity contribution < 1.29 is 14.7 Å². The van der Waals surface area contributed by atoms with E-state index >= 15 is 0 Å². The van der Waals surface area contributed by atoms with Gasteiger partial charge in [0.2, 0.25) is 0 Å². The van der Waals surface area contributed by atoms with Gasteiger partial charge in [-0.05, 0) is 12.8 Å². The fourth-order valence-electron chi connectivity index (χ4n) is 0.443. The Balaban J connectivity index is 4.27. The van der Waals surface area contributed by atoms with Crippen LogP contribution in [-0.4, -0.2) is 35.0 Å². The third-order valence-electron chi connectivity index (χ3n) is 1.38. The van der Waals surface area contributed by atoms with Crippen LogP contribution in [0.1, 0.15) is 6.92 Å². The Kier molecular flexibility index (Phi) is 3.12. The van der Waals surface area contributed by atoms with Crippen molar-refractivity contribution in [3.05, 3.63) is 0 Å². The minimum atomic E-state index is -1.07. The predicted octanol–water partition coefficient (Wildman–Crippen LogP) is -0.449. The second-order valence-corrected chi connectivity index (χ2v) is 2.07. The average Bonchev–Trinajstić information content (AvgIpc) is 2.00. The maximum absolute atomic E-state index is 10.7. The normalized spacial score (nSPS) is 11.4. The molecule has 0 aliphatic rings. The Bertz CT molecular complexity index is 216. The van der Waals surface area contributed by atoms with Crippen molar-refractivity contribution in [1.29, 1.82) is 0 Å². The lowest BCUT2D eigenvalue weighted by Crippen LogP contribution is -2.39. The van der Waals surface area contributed by atoms with E-state index in [9.17, 15) is 9.59 Å². The van der Waals surface area contributed by atoms with E-state index < -0.39 is 17.9 Å². The zero-order valence-electron chi connectivity index (χ0n) is 6.37. The summed E-state index contributed by atoms with van der Waals surface area (Å²) >= 11 is 0. The largest absolute Gasteiger partial charge is 0.480 e. The maximum atomic E-state index is 10.7. The number of likely N-dealkylation sites (N-methyl/N-ethyl adjacent to an activating group) is 1. The fraction of sp³-hybridized carbons (Fsp3) is 0.429. The number of carboxylic acid groups (broad SMARTS) is 1. The van der Waals surface area contributed by atoms with Gasteiger partial charge in [0, 0.05) is 7.05 Å². The Morgan fingerprint density at radius 3 is 2.36 bits per heavy atom. The van der Waals surface area contributed by atoms with Gasteiger partial charge in [-0.15, -0.1) is 6.42 Å². The summed E-state index contributed by atoms with van der Waals surface area (Å²) in [7, 11) is 1.35. The van der Waals surface area contributed by atoms with E-state index in [1.165, 1.54) is 14.0 Å². The average molecular weight is 155 g/mol. The number of carbonyl (C=O) groups excluding carboxylic acids is 1. The van der Waals surface area contributed by atoms with E-state index in [0.717, 1.165) is 4.90 Å². The molecular weight excluding hydrogens is 146 g/mol. The van der Waals surface area contributed by atoms with E-state index in [1.807, 2.05) is 5.92 Å². The highest BCUT2D eigenvalue weighted by molar-refractivity contribution is 5.95. The molecule has 0 rings (SSSR count). The van der Waals surface area contributed by atoms with E-state index in [2.05, 4.69) is 0 Å². The minimum Gasteiger partial charge on any atom is -0.480 e. The summed E-state index contributed by atoms with van der Waals surface area (Å²) in [5, 5.41) is 8.43. The van der Waals surface area contributed by atoms with Gasteiger partial charge in [0.25, 0.3) is 5.91 Å². The number of terminal acetylenes is 1. The molecule has 0 radical (unpaired) electrons. The van der Waals surface area contributed by atoms with Crippen molar-refractivity contribution in [1.82, 2.24) is 4.90 Å². The lowest BCUT2D eigenvalue weighted by molar-refractivity contribution is -0.146. The molecule has 4 heteroatoms. The van der Waals surface area contributed by atoms with Gasteiger partial charge in [0.05, 0.1) is 0 Å². The zero-order chi connectivity index (χ0) is 9.02. The van der Waals surface area contributed by atoms with Crippen molar-refractivity contribution in [2.45, 2.75) is 13.0 Å². The summed E-state index contributed by atoms with van der Waals surface area (Å²) in [5.41, 5.74) is 0. The molecule has 0 heterocycles.